The van der Waals surface area contributed by atoms with Gasteiger partial charge < -0.3 is 29.0 Å². The van der Waals surface area contributed by atoms with Crippen LogP contribution in [-0.2, 0) is 6.61 Å². The van der Waals surface area contributed by atoms with Crippen LogP contribution in [0.15, 0.2) is 54.7 Å². The molecule has 2 aromatic carbocycles. The molecule has 0 fully saturated rings. The Kier molecular flexibility index (Phi) is 7.16. The number of anilines is 1. The number of nitrogens with one attached hydrogen (secondary N) is 1. The monoisotopic (exact) mass is 424 g/mol. The first kappa shape index (κ1) is 21.8. The summed E-state index contributed by atoms with van der Waals surface area (Å²) in [7, 11) is 6.06. The lowest BCUT2D eigenvalue weighted by molar-refractivity contribution is 0.102. The lowest BCUT2D eigenvalue weighted by Gasteiger charge is -2.15. The maximum atomic E-state index is 12.8. The normalized spacial score (nSPS) is 10.2. The van der Waals surface area contributed by atoms with Crippen LogP contribution in [0.1, 0.15) is 16.1 Å². The number of pyridine rings is 1. The molecule has 1 aromatic heterocycles. The van der Waals surface area contributed by atoms with Gasteiger partial charge >= 0.3 is 0 Å². The number of hydrogen-bond donors (Lipinski definition) is 1. The first-order chi connectivity index (χ1) is 15.1. The minimum atomic E-state index is -0.330. The number of aromatic nitrogens is 1. The quantitative estimate of drug-likeness (QED) is 0.556. The predicted molar refractivity (Wildman–Crippen MR) is 116 cm³/mol. The molecule has 0 aliphatic rings. The number of ether oxygens (including phenoxy) is 5. The van der Waals surface area contributed by atoms with Crippen LogP contribution in [-0.4, -0.2) is 39.3 Å². The molecule has 0 atom stereocenters. The highest BCUT2D eigenvalue weighted by Crippen LogP contribution is 2.40. The van der Waals surface area contributed by atoms with Gasteiger partial charge in [-0.2, -0.15) is 0 Å². The number of carbonyl (C=O) groups excluding carboxylic acids is 1. The maximum Gasteiger partial charge on any atom is 0.255 e. The van der Waals surface area contributed by atoms with Crippen molar-refractivity contribution >= 4 is 11.6 Å². The highest BCUT2D eigenvalue weighted by Gasteiger charge is 2.16. The second kappa shape index (κ2) is 10.2. The summed E-state index contributed by atoms with van der Waals surface area (Å²) in [5.74, 6) is 1.94. The Bertz CT molecular complexity index is 1010. The fourth-order valence-corrected chi connectivity index (χ4v) is 2.92. The topological polar surface area (TPSA) is 88.1 Å². The van der Waals surface area contributed by atoms with Crippen LogP contribution in [0.5, 0.6) is 28.7 Å². The van der Waals surface area contributed by atoms with E-state index in [0.717, 1.165) is 5.69 Å². The lowest BCUT2D eigenvalue weighted by atomic mass is 10.1. The molecule has 31 heavy (non-hydrogen) atoms. The van der Waals surface area contributed by atoms with Crippen LogP contribution in [0.25, 0.3) is 0 Å². The van der Waals surface area contributed by atoms with Gasteiger partial charge in [0.05, 0.1) is 34.1 Å². The summed E-state index contributed by atoms with van der Waals surface area (Å²) in [6, 6.07) is 13.9. The highest BCUT2D eigenvalue weighted by atomic mass is 16.5. The summed E-state index contributed by atoms with van der Waals surface area (Å²) < 4.78 is 27.1. The van der Waals surface area contributed by atoms with Gasteiger partial charge in [-0.3, -0.25) is 9.78 Å². The third-order valence-electron chi connectivity index (χ3n) is 4.45. The van der Waals surface area contributed by atoms with E-state index in [0.29, 0.717) is 40.0 Å². The van der Waals surface area contributed by atoms with Crippen LogP contribution in [0.3, 0.4) is 0 Å². The molecule has 1 heterocycles. The Hall–Kier alpha value is -3.94. The van der Waals surface area contributed by atoms with E-state index in [1.54, 1.807) is 36.5 Å². The lowest BCUT2D eigenvalue weighted by Crippen LogP contribution is -2.12. The molecule has 8 heteroatoms. The largest absolute Gasteiger partial charge is 0.493 e. The predicted octanol–water partition coefficient (Wildman–Crippen LogP) is 3.95. The zero-order valence-electron chi connectivity index (χ0n) is 17.8. The summed E-state index contributed by atoms with van der Waals surface area (Å²) in [4.78, 5) is 17.0. The Morgan fingerprint density at radius 2 is 1.55 bits per heavy atom. The van der Waals surface area contributed by atoms with Crippen molar-refractivity contribution in [2.24, 2.45) is 0 Å². The molecule has 0 aliphatic heterocycles. The standard InChI is InChI=1S/C23H24N2O6/c1-27-19-11-15(8-9-18(19)31-14-16-7-5-6-10-24-16)23(26)25-17-12-20(28-2)22(30-4)21(13-17)29-3/h5-13H,14H2,1-4H3,(H,25,26). The van der Waals surface area contributed by atoms with Crippen LogP contribution >= 0.6 is 0 Å². The van der Waals surface area contributed by atoms with E-state index in [1.165, 1.54) is 28.4 Å². The first-order valence-corrected chi connectivity index (χ1v) is 9.41. The van der Waals surface area contributed by atoms with Crippen molar-refractivity contribution in [3.05, 3.63) is 66.0 Å². The average Bonchev–Trinajstić information content (AvgIpc) is 2.82. The van der Waals surface area contributed by atoms with Crippen LogP contribution in [0.2, 0.25) is 0 Å². The van der Waals surface area contributed by atoms with Crippen LogP contribution in [0, 0.1) is 0 Å². The molecule has 0 unspecified atom stereocenters. The molecule has 3 rings (SSSR count). The molecule has 1 N–H and O–H groups in total. The van der Waals surface area contributed by atoms with Crippen molar-refractivity contribution in [2.75, 3.05) is 33.8 Å². The number of amides is 1. The zero-order chi connectivity index (χ0) is 22.2. The number of nitrogens with zero attached hydrogens (tertiary/aromatic N) is 1. The van der Waals surface area contributed by atoms with E-state index >= 15 is 0 Å². The second-order valence-electron chi connectivity index (χ2n) is 6.34. The van der Waals surface area contributed by atoms with Crippen molar-refractivity contribution in [3.8, 4) is 28.7 Å². The molecule has 0 saturated heterocycles. The zero-order valence-corrected chi connectivity index (χ0v) is 17.8. The molecule has 1 amide bonds. The summed E-state index contributed by atoms with van der Waals surface area (Å²) >= 11 is 0. The van der Waals surface area contributed by atoms with Gasteiger partial charge in [0.1, 0.15) is 6.61 Å². The summed E-state index contributed by atoms with van der Waals surface area (Å²) in [5.41, 5.74) is 1.68. The number of benzene rings is 2. The Balaban J connectivity index is 1.77. The van der Waals surface area contributed by atoms with Crippen molar-refractivity contribution < 1.29 is 28.5 Å². The highest BCUT2D eigenvalue weighted by molar-refractivity contribution is 6.05. The van der Waals surface area contributed by atoms with E-state index in [4.69, 9.17) is 23.7 Å². The Labute approximate surface area is 180 Å². The number of rotatable bonds is 9. The first-order valence-electron chi connectivity index (χ1n) is 9.41. The fourth-order valence-electron chi connectivity index (χ4n) is 2.92. The minimum Gasteiger partial charge on any atom is -0.493 e. The SMILES string of the molecule is COc1cc(C(=O)Nc2cc(OC)c(OC)c(OC)c2)ccc1OCc1ccccn1. The van der Waals surface area contributed by atoms with E-state index in [2.05, 4.69) is 10.3 Å². The maximum absolute atomic E-state index is 12.8. The van der Waals surface area contributed by atoms with E-state index < -0.39 is 0 Å². The number of hydrogen-bond acceptors (Lipinski definition) is 7. The number of methoxy groups -OCH3 is 4. The molecule has 0 aliphatic carbocycles. The smallest absolute Gasteiger partial charge is 0.255 e. The van der Waals surface area contributed by atoms with Gasteiger partial charge in [0.15, 0.2) is 23.0 Å². The molecule has 0 saturated carbocycles. The Morgan fingerprint density at radius 1 is 0.839 bits per heavy atom. The van der Waals surface area contributed by atoms with Gasteiger partial charge in [-0.15, -0.1) is 0 Å². The summed E-state index contributed by atoms with van der Waals surface area (Å²) in [5, 5.41) is 2.83. The van der Waals surface area contributed by atoms with Gasteiger partial charge in [-0.25, -0.2) is 0 Å². The van der Waals surface area contributed by atoms with Gasteiger partial charge in [0, 0.05) is 29.6 Å². The molecule has 0 spiro atoms. The summed E-state index contributed by atoms with van der Waals surface area (Å²) in [6.45, 7) is 0.286. The number of carbonyl (C=O) groups is 1. The molecular formula is C23H24N2O6. The molecule has 0 radical (unpaired) electrons. The van der Waals surface area contributed by atoms with Gasteiger partial charge in [0.2, 0.25) is 5.75 Å². The molecular weight excluding hydrogens is 400 g/mol. The van der Waals surface area contributed by atoms with Crippen molar-refractivity contribution in [2.45, 2.75) is 6.61 Å². The molecule has 3 aromatic rings. The fraction of sp³-hybridized carbons (Fsp3) is 0.217. The van der Waals surface area contributed by atoms with Crippen LogP contribution in [0.4, 0.5) is 5.69 Å². The summed E-state index contributed by atoms with van der Waals surface area (Å²) in [6.07, 6.45) is 1.70. The van der Waals surface area contributed by atoms with E-state index in [-0.39, 0.29) is 12.5 Å². The van der Waals surface area contributed by atoms with E-state index in [1.807, 2.05) is 18.2 Å². The van der Waals surface area contributed by atoms with Crippen molar-refractivity contribution in [1.29, 1.82) is 0 Å². The third-order valence-corrected chi connectivity index (χ3v) is 4.45. The van der Waals surface area contributed by atoms with Gasteiger partial charge in [-0.1, -0.05) is 6.07 Å². The third kappa shape index (κ3) is 5.16. The van der Waals surface area contributed by atoms with E-state index in [9.17, 15) is 4.79 Å². The molecule has 0 bridgehead atoms. The minimum absolute atomic E-state index is 0.286. The van der Waals surface area contributed by atoms with Crippen molar-refractivity contribution in [1.82, 2.24) is 4.98 Å². The average molecular weight is 424 g/mol. The van der Waals surface area contributed by atoms with Gasteiger partial charge in [0.25, 0.3) is 5.91 Å². The molecule has 8 nitrogen and oxygen atoms in total. The van der Waals surface area contributed by atoms with Crippen LogP contribution < -0.4 is 29.0 Å². The second-order valence-corrected chi connectivity index (χ2v) is 6.34. The van der Waals surface area contributed by atoms with Gasteiger partial charge in [-0.05, 0) is 30.3 Å². The van der Waals surface area contributed by atoms with Crippen molar-refractivity contribution in [3.63, 3.8) is 0 Å². The molecule has 162 valence electrons. The Morgan fingerprint density at radius 3 is 2.13 bits per heavy atom.